The van der Waals surface area contributed by atoms with Crippen molar-refractivity contribution in [2.75, 3.05) is 13.2 Å². The van der Waals surface area contributed by atoms with Crippen LogP contribution in [0.2, 0.25) is 0 Å². The van der Waals surface area contributed by atoms with Crippen LogP contribution in [-0.4, -0.2) is 49.8 Å². The molecule has 5 heterocycles. The predicted molar refractivity (Wildman–Crippen MR) is 295 cm³/mol. The summed E-state index contributed by atoms with van der Waals surface area (Å²) in [5, 5.41) is 13.2. The molecule has 0 radical (unpaired) electrons. The van der Waals surface area contributed by atoms with Crippen molar-refractivity contribution >= 4 is 40.2 Å². The highest BCUT2D eigenvalue weighted by atomic mass is 16.5. The monoisotopic (exact) mass is 964 g/mol. The molecule has 7 atom stereocenters. The minimum atomic E-state index is -1.67. The van der Waals surface area contributed by atoms with Crippen LogP contribution >= 0.6 is 0 Å². The first-order chi connectivity index (χ1) is 36.7. The van der Waals surface area contributed by atoms with Gasteiger partial charge in [0.25, 0.3) is 0 Å². The van der Waals surface area contributed by atoms with Crippen LogP contribution < -0.4 is 0 Å². The lowest BCUT2D eigenvalue weighted by Gasteiger charge is -2.47. The highest BCUT2D eigenvalue weighted by molar-refractivity contribution is 5.97. The van der Waals surface area contributed by atoms with E-state index in [9.17, 15) is 12.6 Å². The van der Waals surface area contributed by atoms with Crippen LogP contribution in [0, 0.1) is 17.8 Å². The van der Waals surface area contributed by atoms with E-state index in [1.54, 1.807) is 0 Å². The highest BCUT2D eigenvalue weighted by Gasteiger charge is 2.48. The average molecular weight is 965 g/mol. The maximum Gasteiger partial charge on any atom is 0.302 e. The molecule has 8 aromatic rings. The number of ether oxygens (including phenoxy) is 2. The number of nitrogens with zero attached hydrogens (tertiary/aromatic N) is 2. The van der Waals surface area contributed by atoms with Crippen LogP contribution in [-0.2, 0) is 27.3 Å². The van der Waals surface area contributed by atoms with E-state index in [0.29, 0.717) is 44.6 Å². The molecule has 1 aliphatic carbocycles. The van der Waals surface area contributed by atoms with Crippen molar-refractivity contribution in [3.8, 4) is 44.5 Å². The molecule has 2 aliphatic heterocycles. The number of rotatable bonds is 14. The number of aromatic nitrogens is 4. The Bertz CT molecular complexity index is 3500. The zero-order valence-corrected chi connectivity index (χ0v) is 41.4. The highest BCUT2D eigenvalue weighted by Crippen LogP contribution is 2.49. The van der Waals surface area contributed by atoms with Crippen LogP contribution in [0.15, 0.2) is 176 Å². The fourth-order valence-electron chi connectivity index (χ4n) is 11.5. The van der Waals surface area contributed by atoms with Gasteiger partial charge in [-0.3, -0.25) is 9.78 Å². The Morgan fingerprint density at radius 3 is 1.66 bits per heavy atom. The summed E-state index contributed by atoms with van der Waals surface area (Å²) in [5.74, 6) is -2.13. The molecule has 11 rings (SSSR count). The summed E-state index contributed by atoms with van der Waals surface area (Å²) in [6, 6.07) is 59.7. The maximum absolute atomic E-state index is 13.2. The van der Waals surface area contributed by atoms with Gasteiger partial charge >= 0.3 is 5.97 Å². The summed E-state index contributed by atoms with van der Waals surface area (Å²) < 4.78 is 31.9. The summed E-state index contributed by atoms with van der Waals surface area (Å²) >= 11 is 0. The van der Waals surface area contributed by atoms with E-state index < -0.39 is 36.4 Å². The lowest BCUT2D eigenvalue weighted by atomic mass is 9.64. The van der Waals surface area contributed by atoms with Gasteiger partial charge in [-0.2, -0.15) is 0 Å². The van der Waals surface area contributed by atoms with Gasteiger partial charge in [0.05, 0.1) is 30.8 Å². The van der Waals surface area contributed by atoms with E-state index in [0.717, 1.165) is 95.6 Å². The SMILES string of the molecule is [2H]C(OC(C)=O)[C@]1(O)[C@H](CCOCc2ccccc2)CCC[C@@H]1C[C@H](C)[C@H]1c2nc(c(-c3ccccc3)c3ccc([nH]3)c(-c3ccccc3)c3nc(c(-c4ccccc4)c4ccc([nH]4)c2-c2ccccc2)C=C3)[C@@H]1[2H]. The Kier molecular flexibility index (Phi) is 13.1. The lowest BCUT2D eigenvalue weighted by molar-refractivity contribution is -0.170. The topological polar surface area (TPSA) is 113 Å². The van der Waals surface area contributed by atoms with Gasteiger partial charge in [-0.1, -0.05) is 165 Å². The number of hydrogen-bond acceptors (Lipinski definition) is 6. The standard InChI is InChI=1S/C65H62N4O4/c1-43(39-51-30-18-29-50(65(51,71)42-73-44(2)70)37-38-72-41-45-19-8-3-9-20-45)52-40-59-62(48-25-14-6-15-26-48)57-34-33-55(67-57)60(46-21-10-4-11-22-46)53-31-32-54(66-53)61(47-23-12-5-13-24-47)56-35-36-58(68-56)63(64(52)69-59)49-27-16-7-17-28-49/h3-17,19-28,31-36,43,50-52,67-68,71H,18,29-30,37-42H2,1-2H3/t43-,50-,51+,52-,65-/m0/s1/i40D,42D/t40-,42?,43+,50+,51-,52+,65+/m1. The van der Waals surface area contributed by atoms with E-state index in [1.807, 2.05) is 91.0 Å². The molecule has 8 nitrogen and oxygen atoms in total. The summed E-state index contributed by atoms with van der Waals surface area (Å²) in [6.45, 7) is 2.78. The molecular formula is C65H62N4O4. The van der Waals surface area contributed by atoms with Crippen molar-refractivity contribution in [2.24, 2.45) is 17.8 Å². The predicted octanol–water partition coefficient (Wildman–Crippen LogP) is 14.8. The number of carbonyl (C=O) groups excluding carboxylic acids is 1. The van der Waals surface area contributed by atoms with Crippen molar-refractivity contribution in [3.05, 3.63) is 204 Å². The summed E-state index contributed by atoms with van der Waals surface area (Å²) in [5.41, 5.74) is 13.4. The second-order valence-electron chi connectivity index (χ2n) is 19.8. The third-order valence-corrected chi connectivity index (χ3v) is 15.1. The second-order valence-corrected chi connectivity index (χ2v) is 19.8. The normalized spacial score (nSPS) is 20.7. The van der Waals surface area contributed by atoms with Gasteiger partial charge in [-0.05, 0) is 114 Å². The number of fused-ring (bicyclic) bond motifs is 8. The minimum absolute atomic E-state index is 0.250. The molecule has 0 spiro atoms. The van der Waals surface area contributed by atoms with Gasteiger partial charge in [0.1, 0.15) is 12.2 Å². The second kappa shape index (κ2) is 21.2. The van der Waals surface area contributed by atoms with Gasteiger partial charge in [-0.25, -0.2) is 4.98 Å². The average Bonchev–Trinajstić information content (AvgIpc) is 4.28. The first-order valence-electron chi connectivity index (χ1n) is 26.9. The van der Waals surface area contributed by atoms with Gasteiger partial charge < -0.3 is 24.5 Å². The lowest BCUT2D eigenvalue weighted by Crippen LogP contribution is -2.52. The van der Waals surface area contributed by atoms with Crippen LogP contribution in [0.5, 0.6) is 0 Å². The van der Waals surface area contributed by atoms with Crippen LogP contribution in [0.4, 0.5) is 0 Å². The van der Waals surface area contributed by atoms with E-state index in [2.05, 4.69) is 114 Å². The van der Waals surface area contributed by atoms with Crippen molar-refractivity contribution in [3.63, 3.8) is 0 Å². The van der Waals surface area contributed by atoms with Crippen molar-refractivity contribution in [1.82, 2.24) is 19.9 Å². The van der Waals surface area contributed by atoms with Crippen LogP contribution in [0.3, 0.4) is 0 Å². The number of H-pyrrole nitrogens is 2. The van der Waals surface area contributed by atoms with Gasteiger partial charge in [0.2, 0.25) is 0 Å². The van der Waals surface area contributed by atoms with E-state index in [1.165, 1.54) is 6.92 Å². The number of carbonyl (C=O) groups is 1. The molecule has 73 heavy (non-hydrogen) atoms. The number of aliphatic hydroxyl groups is 1. The van der Waals surface area contributed by atoms with Gasteiger partial charge in [0.15, 0.2) is 0 Å². The number of hydrogen-bond donors (Lipinski definition) is 3. The molecule has 3 N–H and O–H groups in total. The number of nitrogens with one attached hydrogen (secondary N) is 2. The Labute approximate surface area is 430 Å². The molecule has 0 saturated heterocycles. The van der Waals surface area contributed by atoms with Gasteiger partial charge in [-0.15, -0.1) is 0 Å². The Morgan fingerprint density at radius 2 is 1.12 bits per heavy atom. The van der Waals surface area contributed by atoms with Crippen LogP contribution in [0.25, 0.3) is 78.7 Å². The van der Waals surface area contributed by atoms with Crippen LogP contribution in [0.1, 0.15) is 83.0 Å². The van der Waals surface area contributed by atoms with Crippen molar-refractivity contribution in [2.45, 2.75) is 70.5 Å². The summed E-state index contributed by atoms with van der Waals surface area (Å²) in [6.07, 6.45) is 6.44. The number of benzene rings is 5. The summed E-state index contributed by atoms with van der Waals surface area (Å²) in [4.78, 5) is 31.6. The first kappa shape index (κ1) is 45.2. The third kappa shape index (κ3) is 9.98. The molecular weight excluding hydrogens is 901 g/mol. The van der Waals surface area contributed by atoms with E-state index >= 15 is 0 Å². The summed E-state index contributed by atoms with van der Waals surface area (Å²) in [7, 11) is 0. The number of esters is 1. The fourth-order valence-corrected chi connectivity index (χ4v) is 11.5. The smallest absolute Gasteiger partial charge is 0.302 e. The molecule has 1 saturated carbocycles. The molecule has 8 heteroatoms. The Morgan fingerprint density at radius 1 is 0.658 bits per heavy atom. The van der Waals surface area contributed by atoms with Crippen molar-refractivity contribution < 1.29 is 22.1 Å². The fraction of sp³-hybridized carbons (Fsp3) is 0.246. The molecule has 8 bridgehead atoms. The molecule has 1 unspecified atom stereocenters. The molecule has 3 aromatic heterocycles. The zero-order chi connectivity index (χ0) is 51.5. The Hall–Kier alpha value is -7.65. The Balaban J connectivity index is 1.13. The maximum atomic E-state index is 13.2. The number of aromatic amines is 2. The quantitative estimate of drug-likeness (QED) is 0.0739. The molecule has 1 fully saturated rings. The largest absolute Gasteiger partial charge is 0.463 e. The zero-order valence-electron chi connectivity index (χ0n) is 43.4. The third-order valence-electron chi connectivity index (χ3n) is 15.1. The van der Waals surface area contributed by atoms with Crippen molar-refractivity contribution in [1.29, 1.82) is 0 Å². The molecule has 3 aliphatic rings. The first-order valence-corrected chi connectivity index (χ1v) is 25.7. The minimum Gasteiger partial charge on any atom is -0.463 e. The molecule has 366 valence electrons. The molecule has 0 amide bonds. The van der Waals surface area contributed by atoms with E-state index in [-0.39, 0.29) is 11.8 Å². The van der Waals surface area contributed by atoms with Gasteiger partial charge in [0, 0.05) is 65.1 Å². The van der Waals surface area contributed by atoms with E-state index in [4.69, 9.17) is 19.4 Å². The molecule has 5 aromatic carbocycles.